The van der Waals surface area contributed by atoms with Crippen molar-refractivity contribution in [3.8, 4) is 0 Å². The monoisotopic (exact) mass is 262 g/mol. The topological polar surface area (TPSA) is 42.2 Å². The normalized spacial score (nSPS) is 13.8. The maximum absolute atomic E-state index is 12.9. The number of aromatic nitrogens is 3. The van der Waals surface area contributed by atoms with Gasteiger partial charge in [0.25, 0.3) is 0 Å². The Morgan fingerprint density at radius 1 is 1.39 bits per heavy atom. The van der Waals surface area contributed by atoms with Gasteiger partial charge < -0.3 is 5.32 Å². The van der Waals surface area contributed by atoms with Crippen LogP contribution in [0.2, 0.25) is 0 Å². The van der Waals surface area contributed by atoms with Gasteiger partial charge in [0.1, 0.15) is 5.82 Å². The molecule has 18 heavy (non-hydrogen) atoms. The molecule has 98 valence electrons. The molecule has 0 aromatic carbocycles. The molecular formula is C10H10F4N4. The van der Waals surface area contributed by atoms with Crippen molar-refractivity contribution in [2.75, 3.05) is 5.32 Å². The Labute approximate surface area is 99.6 Å². The van der Waals surface area contributed by atoms with Gasteiger partial charge in [-0.25, -0.2) is 8.91 Å². The number of hydrogen-bond acceptors (Lipinski definition) is 3. The number of halogens is 4. The van der Waals surface area contributed by atoms with Crippen molar-refractivity contribution in [1.29, 1.82) is 0 Å². The summed E-state index contributed by atoms with van der Waals surface area (Å²) in [5.74, 6) is -0.459. The van der Waals surface area contributed by atoms with Crippen LogP contribution in [0.15, 0.2) is 18.3 Å². The van der Waals surface area contributed by atoms with E-state index in [-0.39, 0.29) is 5.95 Å². The Balaban J connectivity index is 2.12. The molecule has 0 saturated carbocycles. The van der Waals surface area contributed by atoms with Gasteiger partial charge in [-0.1, -0.05) is 0 Å². The third-order valence-corrected chi connectivity index (χ3v) is 2.21. The molecule has 0 aliphatic carbocycles. The van der Waals surface area contributed by atoms with Crippen molar-refractivity contribution in [2.24, 2.45) is 0 Å². The predicted octanol–water partition coefficient (Wildman–Crippen LogP) is 2.62. The molecule has 2 aromatic heterocycles. The first-order chi connectivity index (χ1) is 8.33. The van der Waals surface area contributed by atoms with Gasteiger partial charge in [0.15, 0.2) is 5.65 Å². The highest BCUT2D eigenvalue weighted by Gasteiger charge is 2.30. The number of fused-ring (bicyclic) bond motifs is 1. The van der Waals surface area contributed by atoms with Crippen LogP contribution in [0.5, 0.6) is 0 Å². The third-order valence-electron chi connectivity index (χ3n) is 2.21. The van der Waals surface area contributed by atoms with Crippen LogP contribution >= 0.6 is 0 Å². The first-order valence-corrected chi connectivity index (χ1v) is 5.19. The third kappa shape index (κ3) is 3.08. The van der Waals surface area contributed by atoms with Gasteiger partial charge in [0, 0.05) is 6.04 Å². The maximum atomic E-state index is 12.9. The van der Waals surface area contributed by atoms with Crippen LogP contribution in [-0.2, 0) is 0 Å². The standard InChI is InChI=1S/C10H10F4N4/c1-6(4-10(12,13)14)15-9-16-8-3-2-7(11)5-18(8)17-9/h2-3,5-6H,4H2,1H3,(H,15,17). The van der Waals surface area contributed by atoms with Crippen molar-refractivity contribution in [2.45, 2.75) is 25.6 Å². The molecule has 4 nitrogen and oxygen atoms in total. The molecule has 0 bridgehead atoms. The summed E-state index contributed by atoms with van der Waals surface area (Å²) in [5, 5.41) is 6.35. The second-order valence-electron chi connectivity index (χ2n) is 3.95. The lowest BCUT2D eigenvalue weighted by atomic mass is 10.2. The number of rotatable bonds is 3. The van der Waals surface area contributed by atoms with E-state index in [9.17, 15) is 17.6 Å². The highest BCUT2D eigenvalue weighted by molar-refractivity contribution is 5.43. The predicted molar refractivity (Wildman–Crippen MR) is 56.7 cm³/mol. The van der Waals surface area contributed by atoms with Gasteiger partial charge in [-0.15, -0.1) is 5.10 Å². The van der Waals surface area contributed by atoms with E-state index in [0.29, 0.717) is 5.65 Å². The van der Waals surface area contributed by atoms with Crippen molar-refractivity contribution in [1.82, 2.24) is 14.6 Å². The van der Waals surface area contributed by atoms with E-state index in [1.165, 1.54) is 19.1 Å². The van der Waals surface area contributed by atoms with E-state index in [4.69, 9.17) is 0 Å². The molecule has 0 radical (unpaired) electrons. The molecule has 1 atom stereocenters. The van der Waals surface area contributed by atoms with Crippen LogP contribution in [0, 0.1) is 5.82 Å². The lowest BCUT2D eigenvalue weighted by molar-refractivity contribution is -0.136. The fraction of sp³-hybridized carbons (Fsp3) is 0.400. The van der Waals surface area contributed by atoms with E-state index in [1.54, 1.807) is 0 Å². The van der Waals surface area contributed by atoms with E-state index in [1.807, 2.05) is 0 Å². The van der Waals surface area contributed by atoms with Crippen LogP contribution in [-0.4, -0.2) is 26.8 Å². The SMILES string of the molecule is CC(CC(F)(F)F)Nc1nc2ccc(F)cn2n1. The second-order valence-corrected chi connectivity index (χ2v) is 3.95. The molecule has 8 heteroatoms. The molecule has 2 rings (SSSR count). The minimum absolute atomic E-state index is 0.0392. The molecule has 0 aliphatic rings. The summed E-state index contributed by atoms with van der Waals surface area (Å²) in [4.78, 5) is 3.93. The number of hydrogen-bond donors (Lipinski definition) is 1. The fourth-order valence-corrected chi connectivity index (χ4v) is 1.54. The average molecular weight is 262 g/mol. The highest BCUT2D eigenvalue weighted by Crippen LogP contribution is 2.22. The summed E-state index contributed by atoms with van der Waals surface area (Å²) in [6, 6.07) is 1.74. The van der Waals surface area contributed by atoms with Gasteiger partial charge >= 0.3 is 6.18 Å². The summed E-state index contributed by atoms with van der Waals surface area (Å²) >= 11 is 0. The largest absolute Gasteiger partial charge is 0.391 e. The smallest absolute Gasteiger partial charge is 0.350 e. The molecule has 2 aromatic rings. The minimum atomic E-state index is -4.25. The quantitative estimate of drug-likeness (QED) is 0.864. The Kier molecular flexibility index (Phi) is 3.10. The first-order valence-electron chi connectivity index (χ1n) is 5.19. The maximum Gasteiger partial charge on any atom is 0.391 e. The lowest BCUT2D eigenvalue weighted by Crippen LogP contribution is -2.24. The average Bonchev–Trinajstić information content (AvgIpc) is 2.55. The fourth-order valence-electron chi connectivity index (χ4n) is 1.54. The van der Waals surface area contributed by atoms with E-state index < -0.39 is 24.5 Å². The molecular weight excluding hydrogens is 252 g/mol. The number of alkyl halides is 3. The molecule has 0 spiro atoms. The molecule has 0 fully saturated rings. The van der Waals surface area contributed by atoms with Crippen LogP contribution in [0.25, 0.3) is 5.65 Å². The van der Waals surface area contributed by atoms with Gasteiger partial charge in [-0.05, 0) is 19.1 Å². The number of anilines is 1. The number of pyridine rings is 1. The van der Waals surface area contributed by atoms with Crippen molar-refractivity contribution >= 4 is 11.6 Å². The van der Waals surface area contributed by atoms with Crippen LogP contribution in [0.4, 0.5) is 23.5 Å². The highest BCUT2D eigenvalue weighted by atomic mass is 19.4. The molecule has 2 heterocycles. The Hall–Kier alpha value is -1.86. The van der Waals surface area contributed by atoms with E-state index in [0.717, 1.165) is 10.7 Å². The molecule has 1 N–H and O–H groups in total. The minimum Gasteiger partial charge on any atom is -0.350 e. The first kappa shape index (κ1) is 12.6. The summed E-state index contributed by atoms with van der Waals surface area (Å²) in [6.07, 6.45) is -4.14. The zero-order valence-corrected chi connectivity index (χ0v) is 9.37. The number of nitrogens with zero attached hydrogens (tertiary/aromatic N) is 3. The lowest BCUT2D eigenvalue weighted by Gasteiger charge is -2.13. The zero-order valence-electron chi connectivity index (χ0n) is 9.37. The second kappa shape index (κ2) is 4.43. The summed E-state index contributed by atoms with van der Waals surface area (Å²) in [6.45, 7) is 1.37. The molecule has 0 saturated heterocycles. The summed E-state index contributed by atoms with van der Waals surface area (Å²) < 4.78 is 50.4. The van der Waals surface area contributed by atoms with Gasteiger partial charge in [0.05, 0.1) is 12.6 Å². The Bertz CT molecular complexity index is 548. The summed E-state index contributed by atoms with van der Waals surface area (Å²) in [7, 11) is 0. The molecule has 0 aliphatic heterocycles. The molecule has 0 amide bonds. The van der Waals surface area contributed by atoms with Crippen molar-refractivity contribution < 1.29 is 17.6 Å². The van der Waals surface area contributed by atoms with Gasteiger partial charge in [-0.3, -0.25) is 0 Å². The Morgan fingerprint density at radius 3 is 2.78 bits per heavy atom. The number of nitrogens with one attached hydrogen (secondary N) is 1. The summed E-state index contributed by atoms with van der Waals surface area (Å²) in [5.41, 5.74) is 0.359. The van der Waals surface area contributed by atoms with Gasteiger partial charge in [-0.2, -0.15) is 18.2 Å². The van der Waals surface area contributed by atoms with Crippen LogP contribution < -0.4 is 5.32 Å². The zero-order chi connectivity index (χ0) is 13.3. The van der Waals surface area contributed by atoms with Crippen molar-refractivity contribution in [3.05, 3.63) is 24.1 Å². The van der Waals surface area contributed by atoms with E-state index in [2.05, 4.69) is 15.4 Å². The van der Waals surface area contributed by atoms with Crippen molar-refractivity contribution in [3.63, 3.8) is 0 Å². The van der Waals surface area contributed by atoms with Crippen LogP contribution in [0.3, 0.4) is 0 Å². The molecule has 1 unspecified atom stereocenters. The van der Waals surface area contributed by atoms with Crippen LogP contribution in [0.1, 0.15) is 13.3 Å². The van der Waals surface area contributed by atoms with E-state index >= 15 is 0 Å². The van der Waals surface area contributed by atoms with Gasteiger partial charge in [0.2, 0.25) is 5.95 Å². The Morgan fingerprint density at radius 2 is 2.11 bits per heavy atom.